The SMILES string of the molecule is NC1CSCC1c1ccc(Cl)cc1. The predicted octanol–water partition coefficient (Wildman–Crippen LogP) is 2.50. The van der Waals surface area contributed by atoms with Gasteiger partial charge in [-0.2, -0.15) is 11.8 Å². The maximum Gasteiger partial charge on any atom is 0.0406 e. The van der Waals surface area contributed by atoms with Crippen LogP contribution >= 0.6 is 23.4 Å². The molecule has 1 aromatic rings. The van der Waals surface area contributed by atoms with E-state index in [4.69, 9.17) is 17.3 Å². The third-order valence-electron chi connectivity index (χ3n) is 2.42. The molecule has 0 radical (unpaired) electrons. The summed E-state index contributed by atoms with van der Waals surface area (Å²) in [5.41, 5.74) is 7.32. The highest BCUT2D eigenvalue weighted by atomic mass is 35.5. The summed E-state index contributed by atoms with van der Waals surface area (Å²) in [5.74, 6) is 2.73. The van der Waals surface area contributed by atoms with Crippen LogP contribution in [0.15, 0.2) is 24.3 Å². The average Bonchev–Trinajstić information content (AvgIpc) is 2.53. The summed E-state index contributed by atoms with van der Waals surface area (Å²) in [7, 11) is 0. The summed E-state index contributed by atoms with van der Waals surface area (Å²) in [6, 6.07) is 8.35. The van der Waals surface area contributed by atoms with E-state index in [1.165, 1.54) is 5.56 Å². The minimum absolute atomic E-state index is 0.311. The van der Waals surface area contributed by atoms with Crippen molar-refractivity contribution in [3.8, 4) is 0 Å². The molecule has 1 aliphatic heterocycles. The van der Waals surface area contributed by atoms with Gasteiger partial charge in [0.05, 0.1) is 0 Å². The van der Waals surface area contributed by atoms with Crippen molar-refractivity contribution in [1.82, 2.24) is 0 Å². The first-order chi connectivity index (χ1) is 6.27. The second kappa shape index (κ2) is 3.91. The van der Waals surface area contributed by atoms with Gasteiger partial charge in [0.2, 0.25) is 0 Å². The Balaban J connectivity index is 2.20. The Hall–Kier alpha value is -0.180. The van der Waals surface area contributed by atoms with E-state index in [0.29, 0.717) is 12.0 Å². The van der Waals surface area contributed by atoms with E-state index in [-0.39, 0.29) is 0 Å². The van der Waals surface area contributed by atoms with E-state index >= 15 is 0 Å². The Labute approximate surface area is 87.7 Å². The molecule has 1 nitrogen and oxygen atoms in total. The minimum Gasteiger partial charge on any atom is -0.326 e. The zero-order valence-electron chi connectivity index (χ0n) is 7.24. The summed E-state index contributed by atoms with van der Waals surface area (Å²) in [6.07, 6.45) is 0. The van der Waals surface area contributed by atoms with Gasteiger partial charge < -0.3 is 5.73 Å². The second-order valence-corrected chi connectivity index (χ2v) is 4.87. The molecule has 1 aliphatic rings. The van der Waals surface area contributed by atoms with Gasteiger partial charge in [0.15, 0.2) is 0 Å². The third-order valence-corrected chi connectivity index (χ3v) is 3.89. The Morgan fingerprint density at radius 1 is 1.23 bits per heavy atom. The zero-order valence-corrected chi connectivity index (χ0v) is 8.81. The van der Waals surface area contributed by atoms with Crippen molar-refractivity contribution in [1.29, 1.82) is 0 Å². The van der Waals surface area contributed by atoms with Gasteiger partial charge in [0.25, 0.3) is 0 Å². The molecule has 1 heterocycles. The smallest absolute Gasteiger partial charge is 0.0406 e. The van der Waals surface area contributed by atoms with Crippen molar-refractivity contribution in [3.63, 3.8) is 0 Å². The third kappa shape index (κ3) is 2.01. The lowest BCUT2D eigenvalue weighted by molar-refractivity contribution is 0.653. The number of hydrogen-bond acceptors (Lipinski definition) is 2. The van der Waals surface area contributed by atoms with Crippen LogP contribution in [0, 0.1) is 0 Å². The minimum atomic E-state index is 0.311. The van der Waals surface area contributed by atoms with E-state index < -0.39 is 0 Å². The summed E-state index contributed by atoms with van der Waals surface area (Å²) in [4.78, 5) is 0. The molecule has 0 saturated carbocycles. The van der Waals surface area contributed by atoms with Gasteiger partial charge in [-0.25, -0.2) is 0 Å². The highest BCUT2D eigenvalue weighted by Gasteiger charge is 2.25. The lowest BCUT2D eigenvalue weighted by Crippen LogP contribution is -2.26. The molecule has 0 amide bonds. The average molecular weight is 214 g/mol. The van der Waals surface area contributed by atoms with Crippen LogP contribution in [0.4, 0.5) is 0 Å². The lowest BCUT2D eigenvalue weighted by atomic mass is 9.95. The molecular weight excluding hydrogens is 202 g/mol. The Morgan fingerprint density at radius 3 is 2.46 bits per heavy atom. The standard InChI is InChI=1S/C10H12ClNS/c11-8-3-1-7(2-4-8)9-5-13-6-10(9)12/h1-4,9-10H,5-6,12H2. The number of thioether (sulfide) groups is 1. The second-order valence-electron chi connectivity index (χ2n) is 3.36. The van der Waals surface area contributed by atoms with Crippen molar-refractivity contribution < 1.29 is 0 Å². The Kier molecular flexibility index (Phi) is 2.82. The van der Waals surface area contributed by atoms with Gasteiger partial charge in [-0.1, -0.05) is 23.7 Å². The van der Waals surface area contributed by atoms with Crippen LogP contribution in [0.3, 0.4) is 0 Å². The van der Waals surface area contributed by atoms with Crippen molar-refractivity contribution in [2.45, 2.75) is 12.0 Å². The first-order valence-corrected chi connectivity index (χ1v) is 5.89. The van der Waals surface area contributed by atoms with Crippen LogP contribution in [0.5, 0.6) is 0 Å². The van der Waals surface area contributed by atoms with Crippen molar-refractivity contribution >= 4 is 23.4 Å². The van der Waals surface area contributed by atoms with Crippen LogP contribution in [0.25, 0.3) is 0 Å². The monoisotopic (exact) mass is 213 g/mol. The number of halogens is 1. The molecule has 1 saturated heterocycles. The fourth-order valence-corrected chi connectivity index (χ4v) is 3.08. The Bertz CT molecular complexity index is 285. The van der Waals surface area contributed by atoms with Crippen molar-refractivity contribution in [2.24, 2.45) is 5.73 Å². The molecule has 2 N–H and O–H groups in total. The van der Waals surface area contributed by atoms with E-state index in [2.05, 4.69) is 12.1 Å². The van der Waals surface area contributed by atoms with Crippen LogP contribution in [0.1, 0.15) is 11.5 Å². The molecule has 0 aromatic heterocycles. The van der Waals surface area contributed by atoms with Gasteiger partial charge in [-0.05, 0) is 17.7 Å². The van der Waals surface area contributed by atoms with Crippen molar-refractivity contribution in [2.75, 3.05) is 11.5 Å². The highest BCUT2D eigenvalue weighted by Crippen LogP contribution is 2.31. The quantitative estimate of drug-likeness (QED) is 0.776. The fraction of sp³-hybridized carbons (Fsp3) is 0.400. The number of benzene rings is 1. The largest absolute Gasteiger partial charge is 0.326 e. The van der Waals surface area contributed by atoms with E-state index in [1.54, 1.807) is 0 Å². The molecule has 2 atom stereocenters. The molecule has 2 rings (SSSR count). The molecule has 1 fully saturated rings. The molecule has 1 aromatic carbocycles. The summed E-state index contributed by atoms with van der Waals surface area (Å²) in [6.45, 7) is 0. The molecular formula is C10H12ClNS. The van der Waals surface area contributed by atoms with Crippen LogP contribution in [0.2, 0.25) is 5.02 Å². The van der Waals surface area contributed by atoms with Crippen LogP contribution in [-0.4, -0.2) is 17.5 Å². The molecule has 0 bridgehead atoms. The van der Waals surface area contributed by atoms with Crippen LogP contribution < -0.4 is 5.73 Å². The topological polar surface area (TPSA) is 26.0 Å². The van der Waals surface area contributed by atoms with Gasteiger partial charge in [-0.15, -0.1) is 0 Å². The van der Waals surface area contributed by atoms with E-state index in [9.17, 15) is 0 Å². The summed E-state index contributed by atoms with van der Waals surface area (Å²) < 4.78 is 0. The van der Waals surface area contributed by atoms with Gasteiger partial charge in [0, 0.05) is 28.5 Å². The number of rotatable bonds is 1. The molecule has 0 spiro atoms. The van der Waals surface area contributed by atoms with Gasteiger partial charge >= 0.3 is 0 Å². The first-order valence-electron chi connectivity index (χ1n) is 4.36. The molecule has 13 heavy (non-hydrogen) atoms. The van der Waals surface area contributed by atoms with Gasteiger partial charge in [-0.3, -0.25) is 0 Å². The first kappa shape index (κ1) is 9.38. The normalized spacial score (nSPS) is 27.8. The summed E-state index contributed by atoms with van der Waals surface area (Å²) >= 11 is 7.75. The maximum absolute atomic E-state index is 6.00. The maximum atomic E-state index is 6.00. The fourth-order valence-electron chi connectivity index (χ4n) is 1.62. The lowest BCUT2D eigenvalue weighted by Gasteiger charge is -2.14. The number of hydrogen-bond donors (Lipinski definition) is 1. The molecule has 2 unspecified atom stereocenters. The van der Waals surface area contributed by atoms with Crippen molar-refractivity contribution in [3.05, 3.63) is 34.9 Å². The number of nitrogens with two attached hydrogens (primary N) is 1. The predicted molar refractivity (Wildman–Crippen MR) is 59.5 cm³/mol. The molecule has 3 heteroatoms. The van der Waals surface area contributed by atoms with Crippen LogP contribution in [-0.2, 0) is 0 Å². The Morgan fingerprint density at radius 2 is 1.92 bits per heavy atom. The van der Waals surface area contributed by atoms with E-state index in [1.807, 2.05) is 23.9 Å². The highest BCUT2D eigenvalue weighted by molar-refractivity contribution is 7.99. The van der Waals surface area contributed by atoms with E-state index in [0.717, 1.165) is 16.5 Å². The molecule has 70 valence electrons. The van der Waals surface area contributed by atoms with Gasteiger partial charge in [0.1, 0.15) is 0 Å². The summed E-state index contributed by atoms with van der Waals surface area (Å²) in [5, 5.41) is 0.794. The molecule has 0 aliphatic carbocycles. The zero-order chi connectivity index (χ0) is 9.26.